The third-order valence-corrected chi connectivity index (χ3v) is 3.22. The quantitative estimate of drug-likeness (QED) is 0.555. The molecule has 9 nitrogen and oxygen atoms in total. The van der Waals surface area contributed by atoms with Crippen LogP contribution in [-0.2, 0) is 19.1 Å². The molecule has 0 atom stereocenters. The van der Waals surface area contributed by atoms with Crippen LogP contribution in [0.2, 0.25) is 0 Å². The Kier molecular flexibility index (Phi) is 6.48. The van der Waals surface area contributed by atoms with Gasteiger partial charge in [0.2, 0.25) is 0 Å². The van der Waals surface area contributed by atoms with Crippen molar-refractivity contribution in [1.29, 1.82) is 0 Å². The number of esters is 2. The zero-order chi connectivity index (χ0) is 19.8. The van der Waals surface area contributed by atoms with Crippen LogP contribution in [0.15, 0.2) is 54.4 Å². The number of nitrogens with one attached hydrogen (secondary N) is 1. The van der Waals surface area contributed by atoms with Crippen molar-refractivity contribution >= 4 is 23.5 Å². The zero-order valence-corrected chi connectivity index (χ0v) is 14.6. The molecule has 3 N–H and O–H groups in total. The minimum Gasteiger partial charge on any atom is -0.466 e. The number of anilines is 1. The third-order valence-electron chi connectivity index (χ3n) is 3.22. The molecule has 0 saturated heterocycles. The minimum atomic E-state index is -0.725. The van der Waals surface area contributed by atoms with Gasteiger partial charge in [0, 0.05) is 18.0 Å². The van der Waals surface area contributed by atoms with Gasteiger partial charge in [-0.25, -0.2) is 9.59 Å². The normalized spacial score (nSPS) is 10.7. The van der Waals surface area contributed by atoms with Gasteiger partial charge in [-0.1, -0.05) is 0 Å². The molecule has 2 rings (SSSR count). The number of primary amides is 1. The van der Waals surface area contributed by atoms with Crippen molar-refractivity contribution < 1.29 is 28.6 Å². The van der Waals surface area contributed by atoms with Gasteiger partial charge in [-0.3, -0.25) is 9.78 Å². The highest BCUT2D eigenvalue weighted by Crippen LogP contribution is 2.23. The number of nitrogens with zero attached hydrogens (tertiary/aromatic N) is 1. The number of carbonyl (C=O) groups is 3. The number of methoxy groups -OCH3 is 2. The maximum atomic E-state index is 11.7. The summed E-state index contributed by atoms with van der Waals surface area (Å²) in [6.45, 7) is 0. The number of pyridine rings is 1. The lowest BCUT2D eigenvalue weighted by Gasteiger charge is -2.10. The lowest BCUT2D eigenvalue weighted by molar-refractivity contribution is -0.138. The molecule has 0 saturated carbocycles. The number of ether oxygens (including phenoxy) is 3. The Morgan fingerprint density at radius 1 is 1.04 bits per heavy atom. The van der Waals surface area contributed by atoms with Crippen LogP contribution in [0.4, 0.5) is 5.69 Å². The maximum Gasteiger partial charge on any atom is 0.354 e. The topological polar surface area (TPSA) is 130 Å². The Hall–Kier alpha value is -3.88. The zero-order valence-electron chi connectivity index (χ0n) is 14.6. The molecule has 0 unspecified atom stereocenters. The Morgan fingerprint density at radius 3 is 2.33 bits per heavy atom. The van der Waals surface area contributed by atoms with E-state index in [4.69, 9.17) is 10.5 Å². The van der Waals surface area contributed by atoms with Gasteiger partial charge in [-0.2, -0.15) is 0 Å². The van der Waals surface area contributed by atoms with Crippen molar-refractivity contribution in [2.45, 2.75) is 0 Å². The molecule has 0 bridgehead atoms. The average molecular weight is 371 g/mol. The van der Waals surface area contributed by atoms with Crippen LogP contribution < -0.4 is 15.8 Å². The number of rotatable bonds is 7. The number of benzene rings is 1. The second-order valence-corrected chi connectivity index (χ2v) is 5.07. The van der Waals surface area contributed by atoms with E-state index >= 15 is 0 Å². The molecule has 140 valence electrons. The predicted molar refractivity (Wildman–Crippen MR) is 95.0 cm³/mol. The first-order valence-electron chi connectivity index (χ1n) is 7.61. The summed E-state index contributed by atoms with van der Waals surface area (Å²) in [5.74, 6) is -1.23. The van der Waals surface area contributed by atoms with Crippen molar-refractivity contribution in [3.8, 4) is 11.5 Å². The van der Waals surface area contributed by atoms with E-state index in [9.17, 15) is 14.4 Å². The fraction of sp³-hybridized carbons (Fsp3) is 0.111. The third kappa shape index (κ3) is 5.56. The largest absolute Gasteiger partial charge is 0.466 e. The van der Waals surface area contributed by atoms with Crippen molar-refractivity contribution in [2.75, 3.05) is 19.5 Å². The highest BCUT2D eigenvalue weighted by Gasteiger charge is 2.13. The molecule has 27 heavy (non-hydrogen) atoms. The van der Waals surface area contributed by atoms with E-state index in [1.165, 1.54) is 26.5 Å². The summed E-state index contributed by atoms with van der Waals surface area (Å²) < 4.78 is 14.7. The standard InChI is InChI=1S/C18H17N3O6/c1-25-16(22)10-15(18(24)26-2)21-11-3-5-12(6-4-11)27-13-7-8-20-14(9-13)17(19)23/h3-10,21H,1-2H3,(H2,19,23)/b15-10+. The number of nitrogens with two attached hydrogens (primary N) is 1. The molecule has 0 aliphatic carbocycles. The van der Waals surface area contributed by atoms with E-state index < -0.39 is 17.8 Å². The first-order chi connectivity index (χ1) is 12.9. The molecular weight excluding hydrogens is 354 g/mol. The fourth-order valence-corrected chi connectivity index (χ4v) is 1.94. The van der Waals surface area contributed by atoms with Crippen LogP contribution in [0.3, 0.4) is 0 Å². The summed E-state index contributed by atoms with van der Waals surface area (Å²) in [6, 6.07) is 9.49. The molecule has 1 heterocycles. The van der Waals surface area contributed by atoms with Crippen molar-refractivity contribution in [3.05, 3.63) is 60.1 Å². The molecule has 1 aromatic heterocycles. The summed E-state index contributed by atoms with van der Waals surface area (Å²) in [4.78, 5) is 38.1. The number of hydrogen-bond acceptors (Lipinski definition) is 8. The monoisotopic (exact) mass is 371 g/mol. The molecular formula is C18H17N3O6. The lowest BCUT2D eigenvalue weighted by Crippen LogP contribution is -2.15. The van der Waals surface area contributed by atoms with Crippen LogP contribution in [-0.4, -0.2) is 37.0 Å². The first-order valence-corrected chi connectivity index (χ1v) is 7.61. The second kappa shape index (κ2) is 8.99. The van der Waals surface area contributed by atoms with Gasteiger partial charge in [0.25, 0.3) is 5.91 Å². The fourth-order valence-electron chi connectivity index (χ4n) is 1.94. The number of hydrogen-bond donors (Lipinski definition) is 2. The van der Waals surface area contributed by atoms with E-state index in [1.54, 1.807) is 30.3 Å². The van der Waals surface area contributed by atoms with Gasteiger partial charge in [0.1, 0.15) is 22.9 Å². The Morgan fingerprint density at radius 2 is 1.74 bits per heavy atom. The van der Waals surface area contributed by atoms with Crippen molar-refractivity contribution in [2.24, 2.45) is 5.73 Å². The smallest absolute Gasteiger partial charge is 0.354 e. The Balaban J connectivity index is 2.13. The average Bonchev–Trinajstić information content (AvgIpc) is 2.68. The number of amides is 1. The van der Waals surface area contributed by atoms with E-state index in [-0.39, 0.29) is 11.4 Å². The molecule has 0 fully saturated rings. The summed E-state index contributed by atoms with van der Waals surface area (Å²) in [5.41, 5.74) is 5.69. The molecule has 0 aliphatic heterocycles. The molecule has 1 aromatic carbocycles. The van der Waals surface area contributed by atoms with Gasteiger partial charge < -0.3 is 25.3 Å². The van der Waals surface area contributed by atoms with Crippen LogP contribution in [0.5, 0.6) is 11.5 Å². The summed E-state index contributed by atoms with van der Waals surface area (Å²) >= 11 is 0. The SMILES string of the molecule is COC(=O)/C=C(/Nc1ccc(Oc2ccnc(C(N)=O)c2)cc1)C(=O)OC. The molecule has 0 spiro atoms. The van der Waals surface area contributed by atoms with Crippen LogP contribution >= 0.6 is 0 Å². The van der Waals surface area contributed by atoms with E-state index in [0.29, 0.717) is 17.2 Å². The molecule has 2 aromatic rings. The summed E-state index contributed by atoms with van der Waals surface area (Å²) in [5, 5.41) is 2.77. The van der Waals surface area contributed by atoms with Crippen LogP contribution in [0.1, 0.15) is 10.5 Å². The van der Waals surface area contributed by atoms with Crippen molar-refractivity contribution in [1.82, 2.24) is 4.98 Å². The maximum absolute atomic E-state index is 11.7. The number of carbonyl (C=O) groups excluding carboxylic acids is 3. The molecule has 9 heteroatoms. The van der Waals surface area contributed by atoms with Gasteiger partial charge in [-0.15, -0.1) is 0 Å². The minimum absolute atomic E-state index is 0.0847. The van der Waals surface area contributed by atoms with Gasteiger partial charge in [0.05, 0.1) is 20.3 Å². The highest BCUT2D eigenvalue weighted by atomic mass is 16.5. The van der Waals surface area contributed by atoms with E-state index in [1.807, 2.05) is 0 Å². The predicted octanol–water partition coefficient (Wildman–Crippen LogP) is 1.61. The van der Waals surface area contributed by atoms with Crippen molar-refractivity contribution in [3.63, 3.8) is 0 Å². The Bertz CT molecular complexity index is 877. The second-order valence-electron chi connectivity index (χ2n) is 5.07. The number of aromatic nitrogens is 1. The Labute approximate surface area is 154 Å². The van der Waals surface area contributed by atoms with Gasteiger partial charge >= 0.3 is 11.9 Å². The van der Waals surface area contributed by atoms with E-state index in [2.05, 4.69) is 19.8 Å². The summed E-state index contributed by atoms with van der Waals surface area (Å²) in [7, 11) is 2.39. The van der Waals surface area contributed by atoms with Crippen LogP contribution in [0, 0.1) is 0 Å². The van der Waals surface area contributed by atoms with Gasteiger partial charge in [0.15, 0.2) is 0 Å². The molecule has 1 amide bonds. The highest BCUT2D eigenvalue weighted by molar-refractivity contribution is 5.98. The van der Waals surface area contributed by atoms with E-state index in [0.717, 1.165) is 6.08 Å². The molecule has 0 radical (unpaired) electrons. The first kappa shape index (κ1) is 19.4. The van der Waals surface area contributed by atoms with Crippen LogP contribution in [0.25, 0.3) is 0 Å². The molecule has 0 aliphatic rings. The summed E-state index contributed by atoms with van der Waals surface area (Å²) in [6.07, 6.45) is 2.39. The lowest BCUT2D eigenvalue weighted by atomic mass is 10.2. The van der Waals surface area contributed by atoms with Gasteiger partial charge in [-0.05, 0) is 30.3 Å².